The van der Waals surface area contributed by atoms with E-state index in [1.54, 1.807) is 0 Å². The number of carbonyl (C=O) groups is 1. The van der Waals surface area contributed by atoms with Crippen molar-refractivity contribution in [2.24, 2.45) is 5.92 Å². The maximum atomic E-state index is 10.7. The fourth-order valence-corrected chi connectivity index (χ4v) is 2.95. The molecule has 1 aliphatic rings. The Labute approximate surface area is 115 Å². The van der Waals surface area contributed by atoms with E-state index in [1.165, 1.54) is 18.4 Å². The fraction of sp³-hybridized carbons (Fsp3) is 0.562. The summed E-state index contributed by atoms with van der Waals surface area (Å²) in [5, 5.41) is 8.78. The van der Waals surface area contributed by atoms with Crippen molar-refractivity contribution in [3.05, 3.63) is 35.9 Å². The molecule has 0 aromatic heterocycles. The SMILES string of the molecule is CC(c1ccccc1)N1CCCC(CCC(=O)O)C1. The average Bonchev–Trinajstić information content (AvgIpc) is 2.45. The molecule has 19 heavy (non-hydrogen) atoms. The number of nitrogens with zero attached hydrogens (tertiary/aromatic N) is 1. The minimum absolute atomic E-state index is 0.304. The Kier molecular flexibility index (Phi) is 4.97. The Morgan fingerprint density at radius 2 is 2.16 bits per heavy atom. The van der Waals surface area contributed by atoms with Gasteiger partial charge < -0.3 is 5.11 Å². The van der Waals surface area contributed by atoms with E-state index in [4.69, 9.17) is 5.11 Å². The first-order chi connectivity index (χ1) is 9.16. The number of aliphatic carboxylic acids is 1. The third-order valence-electron chi connectivity index (χ3n) is 4.15. The molecule has 2 unspecified atom stereocenters. The third-order valence-corrected chi connectivity index (χ3v) is 4.15. The van der Waals surface area contributed by atoms with Gasteiger partial charge in [-0.3, -0.25) is 9.69 Å². The fourth-order valence-electron chi connectivity index (χ4n) is 2.95. The minimum atomic E-state index is -0.673. The number of benzene rings is 1. The molecule has 1 saturated heterocycles. The Morgan fingerprint density at radius 1 is 1.42 bits per heavy atom. The highest BCUT2D eigenvalue weighted by atomic mass is 16.4. The summed E-state index contributed by atoms with van der Waals surface area (Å²) in [6, 6.07) is 11.0. The average molecular weight is 261 g/mol. The van der Waals surface area contributed by atoms with E-state index < -0.39 is 5.97 Å². The second-order valence-electron chi connectivity index (χ2n) is 5.52. The molecule has 0 bridgehead atoms. The maximum Gasteiger partial charge on any atom is 0.303 e. The topological polar surface area (TPSA) is 40.5 Å². The maximum absolute atomic E-state index is 10.7. The molecular weight excluding hydrogens is 238 g/mol. The van der Waals surface area contributed by atoms with Crippen LogP contribution in [0.1, 0.15) is 44.2 Å². The van der Waals surface area contributed by atoms with Crippen molar-refractivity contribution in [2.45, 2.75) is 38.6 Å². The van der Waals surface area contributed by atoms with E-state index in [0.29, 0.717) is 18.4 Å². The van der Waals surface area contributed by atoms with Crippen molar-refractivity contribution in [1.29, 1.82) is 0 Å². The van der Waals surface area contributed by atoms with Gasteiger partial charge in [0.1, 0.15) is 0 Å². The number of rotatable bonds is 5. The van der Waals surface area contributed by atoms with Crippen LogP contribution in [0.2, 0.25) is 0 Å². The van der Waals surface area contributed by atoms with Crippen LogP contribution in [0, 0.1) is 5.92 Å². The smallest absolute Gasteiger partial charge is 0.303 e. The van der Waals surface area contributed by atoms with E-state index >= 15 is 0 Å². The first kappa shape index (κ1) is 14.1. The molecule has 1 aromatic rings. The third kappa shape index (κ3) is 4.06. The summed E-state index contributed by atoms with van der Waals surface area (Å²) in [6.45, 7) is 4.40. The van der Waals surface area contributed by atoms with Gasteiger partial charge in [-0.05, 0) is 44.2 Å². The summed E-state index contributed by atoms with van der Waals surface area (Å²) in [7, 11) is 0. The van der Waals surface area contributed by atoms with Crippen LogP contribution in [-0.2, 0) is 4.79 Å². The molecule has 1 heterocycles. The molecule has 0 amide bonds. The Bertz CT molecular complexity index is 404. The summed E-state index contributed by atoms with van der Waals surface area (Å²) in [5.74, 6) is -0.135. The molecule has 104 valence electrons. The van der Waals surface area contributed by atoms with Crippen LogP contribution < -0.4 is 0 Å². The van der Waals surface area contributed by atoms with E-state index in [9.17, 15) is 4.79 Å². The lowest BCUT2D eigenvalue weighted by molar-refractivity contribution is -0.137. The monoisotopic (exact) mass is 261 g/mol. The summed E-state index contributed by atoms with van der Waals surface area (Å²) < 4.78 is 0. The predicted molar refractivity (Wildman–Crippen MR) is 76.0 cm³/mol. The molecule has 2 rings (SSSR count). The Morgan fingerprint density at radius 3 is 2.84 bits per heavy atom. The van der Waals surface area contributed by atoms with Gasteiger partial charge in [0.2, 0.25) is 0 Å². The molecule has 0 spiro atoms. The van der Waals surface area contributed by atoms with Crippen LogP contribution in [0.5, 0.6) is 0 Å². The van der Waals surface area contributed by atoms with Gasteiger partial charge >= 0.3 is 5.97 Å². The van der Waals surface area contributed by atoms with Crippen molar-refractivity contribution in [2.75, 3.05) is 13.1 Å². The molecule has 3 heteroatoms. The first-order valence-corrected chi connectivity index (χ1v) is 7.17. The number of carboxylic acid groups (broad SMARTS) is 1. The minimum Gasteiger partial charge on any atom is -0.481 e. The predicted octanol–water partition coefficient (Wildman–Crippen LogP) is 3.32. The number of piperidine rings is 1. The lowest BCUT2D eigenvalue weighted by Gasteiger charge is -2.37. The summed E-state index contributed by atoms with van der Waals surface area (Å²) in [5.41, 5.74) is 1.35. The van der Waals surface area contributed by atoms with E-state index in [-0.39, 0.29) is 0 Å². The molecule has 1 fully saturated rings. The highest BCUT2D eigenvalue weighted by Gasteiger charge is 2.24. The van der Waals surface area contributed by atoms with Crippen LogP contribution in [0.25, 0.3) is 0 Å². The lowest BCUT2D eigenvalue weighted by Crippen LogP contribution is -2.37. The zero-order valence-corrected chi connectivity index (χ0v) is 11.6. The highest BCUT2D eigenvalue weighted by molar-refractivity contribution is 5.66. The zero-order valence-electron chi connectivity index (χ0n) is 11.6. The van der Waals surface area contributed by atoms with Crippen molar-refractivity contribution in [3.63, 3.8) is 0 Å². The van der Waals surface area contributed by atoms with Crippen molar-refractivity contribution in [3.8, 4) is 0 Å². The normalized spacial score (nSPS) is 22.1. The van der Waals surface area contributed by atoms with Crippen molar-refractivity contribution < 1.29 is 9.90 Å². The van der Waals surface area contributed by atoms with Gasteiger partial charge in [-0.15, -0.1) is 0 Å². The van der Waals surface area contributed by atoms with Crippen molar-refractivity contribution >= 4 is 5.97 Å². The molecule has 3 nitrogen and oxygen atoms in total. The number of likely N-dealkylation sites (tertiary alicyclic amines) is 1. The van der Waals surface area contributed by atoms with Crippen LogP contribution in [0.4, 0.5) is 0 Å². The van der Waals surface area contributed by atoms with Gasteiger partial charge in [-0.25, -0.2) is 0 Å². The van der Waals surface area contributed by atoms with E-state index in [2.05, 4.69) is 36.1 Å². The molecule has 1 N–H and O–H groups in total. The van der Waals surface area contributed by atoms with Crippen molar-refractivity contribution in [1.82, 2.24) is 4.90 Å². The van der Waals surface area contributed by atoms with Gasteiger partial charge in [0.15, 0.2) is 0 Å². The Balaban J connectivity index is 1.91. The number of hydrogen-bond acceptors (Lipinski definition) is 2. The van der Waals surface area contributed by atoms with E-state index in [1.807, 2.05) is 6.07 Å². The van der Waals surface area contributed by atoms with Gasteiger partial charge in [-0.2, -0.15) is 0 Å². The molecule has 0 saturated carbocycles. The molecule has 0 radical (unpaired) electrons. The highest BCUT2D eigenvalue weighted by Crippen LogP contribution is 2.28. The van der Waals surface area contributed by atoms with Crippen LogP contribution in [-0.4, -0.2) is 29.1 Å². The van der Waals surface area contributed by atoms with Crippen LogP contribution in [0.15, 0.2) is 30.3 Å². The largest absolute Gasteiger partial charge is 0.481 e. The van der Waals surface area contributed by atoms with Crippen LogP contribution in [0.3, 0.4) is 0 Å². The zero-order chi connectivity index (χ0) is 13.7. The Hall–Kier alpha value is -1.35. The number of hydrogen-bond donors (Lipinski definition) is 1. The standard InChI is InChI=1S/C16H23NO2/c1-13(15-7-3-2-4-8-15)17-11-5-6-14(12-17)9-10-16(18)19/h2-4,7-8,13-14H,5-6,9-12H2,1H3,(H,18,19). The number of carboxylic acids is 1. The molecule has 1 aromatic carbocycles. The van der Waals surface area contributed by atoms with Gasteiger partial charge in [0.25, 0.3) is 0 Å². The van der Waals surface area contributed by atoms with Crippen LogP contribution >= 0.6 is 0 Å². The molecular formula is C16H23NO2. The molecule has 0 aliphatic carbocycles. The second kappa shape index (κ2) is 6.71. The van der Waals surface area contributed by atoms with E-state index in [0.717, 1.165) is 19.5 Å². The molecule has 1 aliphatic heterocycles. The summed E-state index contributed by atoms with van der Waals surface area (Å²) in [6.07, 6.45) is 3.47. The quantitative estimate of drug-likeness (QED) is 0.884. The summed E-state index contributed by atoms with van der Waals surface area (Å²) >= 11 is 0. The second-order valence-corrected chi connectivity index (χ2v) is 5.52. The lowest BCUT2D eigenvalue weighted by atomic mass is 9.91. The first-order valence-electron chi connectivity index (χ1n) is 7.17. The molecule has 2 atom stereocenters. The van der Waals surface area contributed by atoms with Gasteiger partial charge in [0.05, 0.1) is 0 Å². The van der Waals surface area contributed by atoms with Gasteiger partial charge in [0, 0.05) is 19.0 Å². The summed E-state index contributed by atoms with van der Waals surface area (Å²) in [4.78, 5) is 13.2. The van der Waals surface area contributed by atoms with Gasteiger partial charge in [-0.1, -0.05) is 30.3 Å².